The van der Waals surface area contributed by atoms with Gasteiger partial charge in [0.2, 0.25) is 0 Å². The summed E-state index contributed by atoms with van der Waals surface area (Å²) in [7, 11) is -1.74. The number of anilines is 1. The Labute approximate surface area is 126 Å². The minimum absolute atomic E-state index is 0.233. The fourth-order valence-corrected chi connectivity index (χ4v) is 3.24. The standard InChI is InChI=1S/C12H14IN3O2S/c1-14-7-11-6-12(8-15-11)19(17,18)16-10-4-2-3-9(13)5-10/h2-6,8,14-16H,7H2,1H3. The maximum Gasteiger partial charge on any atom is 0.263 e. The van der Waals surface area contributed by atoms with E-state index in [9.17, 15) is 8.42 Å². The molecule has 0 aliphatic carbocycles. The Morgan fingerprint density at radius 1 is 1.32 bits per heavy atom. The first-order valence-corrected chi connectivity index (χ1v) is 8.18. The van der Waals surface area contributed by atoms with Crippen LogP contribution in [0.2, 0.25) is 0 Å². The lowest BCUT2D eigenvalue weighted by molar-refractivity contribution is 0.601. The molecular weight excluding hydrogens is 377 g/mol. The first-order chi connectivity index (χ1) is 9.01. The average molecular weight is 391 g/mol. The molecule has 0 saturated carbocycles. The first-order valence-electron chi connectivity index (χ1n) is 5.61. The van der Waals surface area contributed by atoms with Crippen LogP contribution >= 0.6 is 22.6 Å². The summed E-state index contributed by atoms with van der Waals surface area (Å²) in [5, 5.41) is 2.96. The van der Waals surface area contributed by atoms with Gasteiger partial charge in [-0.3, -0.25) is 4.72 Å². The van der Waals surface area contributed by atoms with Crippen LogP contribution in [0.25, 0.3) is 0 Å². The molecule has 102 valence electrons. The van der Waals surface area contributed by atoms with Crippen molar-refractivity contribution in [2.24, 2.45) is 0 Å². The molecule has 7 heteroatoms. The summed E-state index contributed by atoms with van der Waals surface area (Å²) >= 11 is 2.14. The lowest BCUT2D eigenvalue weighted by Gasteiger charge is -2.06. The predicted octanol–water partition coefficient (Wildman–Crippen LogP) is 2.14. The molecule has 1 heterocycles. The number of benzene rings is 1. The van der Waals surface area contributed by atoms with Gasteiger partial charge in [0, 0.05) is 27.7 Å². The van der Waals surface area contributed by atoms with Gasteiger partial charge in [-0.2, -0.15) is 0 Å². The van der Waals surface area contributed by atoms with Crippen LogP contribution in [0, 0.1) is 3.57 Å². The van der Waals surface area contributed by atoms with Crippen molar-refractivity contribution < 1.29 is 8.42 Å². The fourth-order valence-electron chi connectivity index (χ4n) is 1.63. The zero-order valence-electron chi connectivity index (χ0n) is 10.3. The van der Waals surface area contributed by atoms with Crippen LogP contribution in [0.4, 0.5) is 5.69 Å². The largest absolute Gasteiger partial charge is 0.363 e. The highest BCUT2D eigenvalue weighted by molar-refractivity contribution is 14.1. The van der Waals surface area contributed by atoms with Crippen LogP contribution in [0.5, 0.6) is 0 Å². The number of aromatic nitrogens is 1. The van der Waals surface area contributed by atoms with Gasteiger partial charge in [0.25, 0.3) is 10.0 Å². The van der Waals surface area contributed by atoms with Gasteiger partial charge in [-0.15, -0.1) is 0 Å². The van der Waals surface area contributed by atoms with Gasteiger partial charge in [0.15, 0.2) is 0 Å². The number of hydrogen-bond donors (Lipinski definition) is 3. The normalized spacial score (nSPS) is 11.5. The number of aromatic amines is 1. The lowest BCUT2D eigenvalue weighted by atomic mass is 10.3. The average Bonchev–Trinajstić information content (AvgIpc) is 2.78. The Hall–Kier alpha value is -1.06. The second kappa shape index (κ2) is 5.93. The van der Waals surface area contributed by atoms with Crippen molar-refractivity contribution in [3.05, 3.63) is 45.8 Å². The third-order valence-electron chi connectivity index (χ3n) is 2.47. The maximum atomic E-state index is 12.2. The maximum absolute atomic E-state index is 12.2. The molecule has 0 bridgehead atoms. The number of nitrogens with one attached hydrogen (secondary N) is 3. The van der Waals surface area contributed by atoms with Crippen LogP contribution in [-0.4, -0.2) is 20.4 Å². The molecule has 1 aromatic carbocycles. The smallest absolute Gasteiger partial charge is 0.263 e. The molecule has 0 saturated heterocycles. The van der Waals surface area contributed by atoms with Gasteiger partial charge in [-0.05, 0) is 53.9 Å². The number of sulfonamides is 1. The molecule has 0 fully saturated rings. The van der Waals surface area contributed by atoms with Crippen molar-refractivity contribution in [3.8, 4) is 0 Å². The molecule has 2 rings (SSSR count). The molecule has 0 amide bonds. The van der Waals surface area contributed by atoms with E-state index in [4.69, 9.17) is 0 Å². The zero-order chi connectivity index (χ0) is 13.9. The van der Waals surface area contributed by atoms with Crippen LogP contribution < -0.4 is 10.0 Å². The highest BCUT2D eigenvalue weighted by atomic mass is 127. The van der Waals surface area contributed by atoms with E-state index in [1.54, 1.807) is 25.2 Å². The summed E-state index contributed by atoms with van der Waals surface area (Å²) < 4.78 is 27.9. The predicted molar refractivity (Wildman–Crippen MR) is 83.5 cm³/mol. The molecule has 0 aliphatic heterocycles. The first kappa shape index (κ1) is 14.4. The summed E-state index contributed by atoms with van der Waals surface area (Å²) in [4.78, 5) is 3.16. The molecule has 19 heavy (non-hydrogen) atoms. The van der Waals surface area contributed by atoms with E-state index in [0.29, 0.717) is 12.2 Å². The summed E-state index contributed by atoms with van der Waals surface area (Å²) in [6.07, 6.45) is 1.49. The SMILES string of the molecule is CNCc1cc(S(=O)(=O)Nc2cccc(I)c2)c[nH]1. The summed E-state index contributed by atoms with van der Waals surface area (Å²) in [6, 6.07) is 8.83. The molecule has 0 unspecified atom stereocenters. The van der Waals surface area contributed by atoms with Crippen LogP contribution in [0.3, 0.4) is 0 Å². The minimum Gasteiger partial charge on any atom is -0.363 e. The van der Waals surface area contributed by atoms with E-state index in [0.717, 1.165) is 9.26 Å². The van der Waals surface area contributed by atoms with Crippen molar-refractivity contribution >= 4 is 38.3 Å². The van der Waals surface area contributed by atoms with Gasteiger partial charge in [-0.1, -0.05) is 6.07 Å². The van der Waals surface area contributed by atoms with Gasteiger partial charge < -0.3 is 10.3 Å². The van der Waals surface area contributed by atoms with Gasteiger partial charge in [0.05, 0.1) is 0 Å². The quantitative estimate of drug-likeness (QED) is 0.684. The van der Waals surface area contributed by atoms with E-state index >= 15 is 0 Å². The Morgan fingerprint density at radius 3 is 2.79 bits per heavy atom. The summed E-state index contributed by atoms with van der Waals surface area (Å²) in [5.74, 6) is 0. The Bertz CT molecular complexity index is 667. The number of rotatable bonds is 5. The molecular formula is C12H14IN3O2S. The Balaban J connectivity index is 2.22. The van der Waals surface area contributed by atoms with Crippen molar-refractivity contribution in [2.45, 2.75) is 11.4 Å². The van der Waals surface area contributed by atoms with Crippen LogP contribution in [0.15, 0.2) is 41.4 Å². The van der Waals surface area contributed by atoms with E-state index < -0.39 is 10.0 Å². The van der Waals surface area contributed by atoms with E-state index in [1.807, 2.05) is 12.1 Å². The summed E-state index contributed by atoms with van der Waals surface area (Å²) in [5.41, 5.74) is 1.38. The second-order valence-electron chi connectivity index (χ2n) is 4.01. The van der Waals surface area contributed by atoms with Crippen LogP contribution in [-0.2, 0) is 16.6 Å². The van der Waals surface area contributed by atoms with Crippen molar-refractivity contribution in [1.82, 2.24) is 10.3 Å². The highest BCUT2D eigenvalue weighted by Crippen LogP contribution is 2.18. The van der Waals surface area contributed by atoms with Crippen molar-refractivity contribution in [3.63, 3.8) is 0 Å². The van der Waals surface area contributed by atoms with E-state index in [2.05, 4.69) is 37.6 Å². The van der Waals surface area contributed by atoms with E-state index in [-0.39, 0.29) is 4.90 Å². The van der Waals surface area contributed by atoms with E-state index in [1.165, 1.54) is 6.20 Å². The molecule has 5 nitrogen and oxygen atoms in total. The number of halogens is 1. The van der Waals surface area contributed by atoms with Crippen molar-refractivity contribution in [1.29, 1.82) is 0 Å². The molecule has 0 spiro atoms. The third kappa shape index (κ3) is 3.71. The van der Waals surface area contributed by atoms with Gasteiger partial charge in [0.1, 0.15) is 4.90 Å². The Morgan fingerprint density at radius 2 is 2.11 bits per heavy atom. The highest BCUT2D eigenvalue weighted by Gasteiger charge is 2.16. The molecule has 1 aromatic heterocycles. The number of H-pyrrole nitrogens is 1. The molecule has 0 atom stereocenters. The topological polar surface area (TPSA) is 74.0 Å². The third-order valence-corrected chi connectivity index (χ3v) is 4.50. The number of hydrogen-bond acceptors (Lipinski definition) is 3. The monoisotopic (exact) mass is 391 g/mol. The summed E-state index contributed by atoms with van der Waals surface area (Å²) in [6.45, 7) is 0.596. The van der Waals surface area contributed by atoms with Crippen LogP contribution in [0.1, 0.15) is 5.69 Å². The molecule has 2 aromatic rings. The molecule has 3 N–H and O–H groups in total. The second-order valence-corrected chi connectivity index (χ2v) is 6.93. The zero-order valence-corrected chi connectivity index (χ0v) is 13.2. The Kier molecular flexibility index (Phi) is 4.48. The van der Waals surface area contributed by atoms with Gasteiger partial charge >= 0.3 is 0 Å². The fraction of sp³-hybridized carbons (Fsp3) is 0.167. The van der Waals surface area contributed by atoms with Gasteiger partial charge in [-0.25, -0.2) is 8.42 Å². The molecule has 0 radical (unpaired) electrons. The lowest BCUT2D eigenvalue weighted by Crippen LogP contribution is -2.12. The minimum atomic E-state index is -3.54. The van der Waals surface area contributed by atoms with Crippen molar-refractivity contribution in [2.75, 3.05) is 11.8 Å². The molecule has 0 aliphatic rings.